The van der Waals surface area contributed by atoms with Crippen molar-refractivity contribution in [1.29, 1.82) is 0 Å². The van der Waals surface area contributed by atoms with Gasteiger partial charge in [0, 0.05) is 31.2 Å². The molecule has 2 N–H and O–H groups in total. The van der Waals surface area contributed by atoms with Crippen LogP contribution in [0.3, 0.4) is 0 Å². The summed E-state index contributed by atoms with van der Waals surface area (Å²) in [4.78, 5) is 36.1. The third-order valence-corrected chi connectivity index (χ3v) is 6.28. The number of pyridine rings is 1. The highest BCUT2D eigenvalue weighted by molar-refractivity contribution is 7.13. The van der Waals surface area contributed by atoms with Gasteiger partial charge in [0.05, 0.1) is 22.9 Å². The summed E-state index contributed by atoms with van der Waals surface area (Å²) in [7, 11) is 2.03. The van der Waals surface area contributed by atoms with E-state index in [2.05, 4.69) is 25.5 Å². The number of aryl methyl sites for hydroxylation is 2. The molecule has 1 aliphatic heterocycles. The summed E-state index contributed by atoms with van der Waals surface area (Å²) in [6.45, 7) is 4.80. The molecule has 8 heteroatoms. The van der Waals surface area contributed by atoms with Crippen LogP contribution in [0.1, 0.15) is 45.3 Å². The molecule has 0 saturated carbocycles. The lowest BCUT2D eigenvalue weighted by molar-refractivity contribution is -0.122. The highest BCUT2D eigenvalue weighted by atomic mass is 32.1. The number of nitrogens with zero attached hydrogens (tertiary/aromatic N) is 3. The van der Waals surface area contributed by atoms with Gasteiger partial charge in [-0.05, 0) is 45.9 Å². The standard InChI is InChI=1S/C20H27N5O2S/c1-13-19(28-14(2)24-13)20(27)23-12-17-8-7-16(25(17)3)10-18(26)22-11-15-6-4-5-9-21-15/h4-6,9,16-17H,7-8,10-12H2,1-3H3,(H,22,26)(H,23,27)/t16-,17+/m1/s1. The molecule has 2 aromatic rings. The Bertz CT molecular complexity index is 823. The van der Waals surface area contributed by atoms with E-state index in [0.29, 0.717) is 24.4 Å². The summed E-state index contributed by atoms with van der Waals surface area (Å²) >= 11 is 1.42. The molecule has 2 atom stereocenters. The molecule has 1 saturated heterocycles. The minimum absolute atomic E-state index is 0.0305. The summed E-state index contributed by atoms with van der Waals surface area (Å²) in [5.41, 5.74) is 1.63. The second-order valence-corrected chi connectivity index (χ2v) is 8.41. The van der Waals surface area contributed by atoms with E-state index in [1.54, 1.807) is 6.20 Å². The third kappa shape index (κ3) is 5.14. The number of amides is 2. The van der Waals surface area contributed by atoms with E-state index in [1.165, 1.54) is 11.3 Å². The van der Waals surface area contributed by atoms with E-state index in [4.69, 9.17) is 0 Å². The Morgan fingerprint density at radius 1 is 1.21 bits per heavy atom. The van der Waals surface area contributed by atoms with E-state index in [-0.39, 0.29) is 23.9 Å². The molecule has 7 nitrogen and oxygen atoms in total. The first-order valence-electron chi connectivity index (χ1n) is 9.55. The average Bonchev–Trinajstić information content (AvgIpc) is 3.20. The first-order chi connectivity index (χ1) is 13.4. The molecule has 1 fully saturated rings. The SMILES string of the molecule is Cc1nc(C)c(C(=O)NC[C@@H]2CC[C@H](CC(=O)NCc3ccccn3)N2C)s1. The van der Waals surface area contributed by atoms with Crippen LogP contribution in [0.5, 0.6) is 0 Å². The largest absolute Gasteiger partial charge is 0.350 e. The number of hydrogen-bond donors (Lipinski definition) is 2. The van der Waals surface area contributed by atoms with Crippen LogP contribution in [0.15, 0.2) is 24.4 Å². The van der Waals surface area contributed by atoms with Gasteiger partial charge in [0.25, 0.3) is 5.91 Å². The van der Waals surface area contributed by atoms with Crippen molar-refractivity contribution in [2.24, 2.45) is 0 Å². The van der Waals surface area contributed by atoms with Crippen LogP contribution in [0.25, 0.3) is 0 Å². The fraction of sp³-hybridized carbons (Fsp3) is 0.500. The summed E-state index contributed by atoms with van der Waals surface area (Å²) in [6, 6.07) is 6.10. The molecule has 3 rings (SSSR count). The number of carbonyl (C=O) groups is 2. The topological polar surface area (TPSA) is 87.2 Å². The molecule has 1 aliphatic rings. The number of likely N-dealkylation sites (tertiary alicyclic amines) is 1. The van der Waals surface area contributed by atoms with E-state index in [0.717, 1.165) is 29.2 Å². The zero-order valence-corrected chi connectivity index (χ0v) is 17.4. The van der Waals surface area contributed by atoms with Crippen molar-refractivity contribution >= 4 is 23.2 Å². The molecule has 0 bridgehead atoms. The van der Waals surface area contributed by atoms with Gasteiger partial charge in [-0.15, -0.1) is 11.3 Å². The van der Waals surface area contributed by atoms with E-state index in [1.807, 2.05) is 39.1 Å². The van der Waals surface area contributed by atoms with Gasteiger partial charge < -0.3 is 10.6 Å². The van der Waals surface area contributed by atoms with Crippen molar-refractivity contribution in [3.8, 4) is 0 Å². The molecule has 0 unspecified atom stereocenters. The van der Waals surface area contributed by atoms with Crippen LogP contribution in [-0.2, 0) is 11.3 Å². The zero-order valence-electron chi connectivity index (χ0n) is 16.6. The predicted octanol–water partition coefficient (Wildman–Crippen LogP) is 2.05. The van der Waals surface area contributed by atoms with Gasteiger partial charge in [-0.25, -0.2) is 4.98 Å². The van der Waals surface area contributed by atoms with Crippen LogP contribution < -0.4 is 10.6 Å². The van der Waals surface area contributed by atoms with Crippen LogP contribution in [0, 0.1) is 13.8 Å². The highest BCUT2D eigenvalue weighted by Crippen LogP contribution is 2.24. The lowest BCUT2D eigenvalue weighted by atomic mass is 10.1. The molecule has 0 spiro atoms. The molecule has 28 heavy (non-hydrogen) atoms. The van der Waals surface area contributed by atoms with Crippen LogP contribution in [0.4, 0.5) is 0 Å². The maximum absolute atomic E-state index is 12.4. The van der Waals surface area contributed by atoms with Gasteiger partial charge >= 0.3 is 0 Å². The van der Waals surface area contributed by atoms with Crippen molar-refractivity contribution in [3.05, 3.63) is 45.7 Å². The van der Waals surface area contributed by atoms with Crippen LogP contribution >= 0.6 is 11.3 Å². The quantitative estimate of drug-likeness (QED) is 0.742. The summed E-state index contributed by atoms with van der Waals surface area (Å²) < 4.78 is 0. The van der Waals surface area contributed by atoms with Gasteiger partial charge in [0.1, 0.15) is 4.88 Å². The van der Waals surface area contributed by atoms with Crippen molar-refractivity contribution in [2.45, 2.75) is 51.7 Å². The molecule has 150 valence electrons. The molecular formula is C20H27N5O2S. The number of nitrogens with one attached hydrogen (secondary N) is 2. The Hall–Kier alpha value is -2.32. The molecule has 3 heterocycles. The Labute approximate surface area is 169 Å². The molecule has 0 aliphatic carbocycles. The molecule has 2 aromatic heterocycles. The van der Waals surface area contributed by atoms with Gasteiger partial charge in [-0.3, -0.25) is 19.5 Å². The average molecular weight is 402 g/mol. The number of likely N-dealkylation sites (N-methyl/N-ethyl adjacent to an activating group) is 1. The fourth-order valence-corrected chi connectivity index (χ4v) is 4.43. The summed E-state index contributed by atoms with van der Waals surface area (Å²) in [5, 5.41) is 6.87. The van der Waals surface area contributed by atoms with Gasteiger partial charge in [0.15, 0.2) is 0 Å². The third-order valence-electron chi connectivity index (χ3n) is 5.21. The minimum Gasteiger partial charge on any atom is -0.350 e. The zero-order chi connectivity index (χ0) is 20.1. The van der Waals surface area contributed by atoms with Crippen molar-refractivity contribution in [1.82, 2.24) is 25.5 Å². The molecule has 0 radical (unpaired) electrons. The molecule has 2 amide bonds. The number of hydrogen-bond acceptors (Lipinski definition) is 6. The second-order valence-electron chi connectivity index (χ2n) is 7.21. The van der Waals surface area contributed by atoms with Gasteiger partial charge in [-0.1, -0.05) is 6.07 Å². The second kappa shape index (κ2) is 9.25. The van der Waals surface area contributed by atoms with Crippen molar-refractivity contribution in [2.75, 3.05) is 13.6 Å². The van der Waals surface area contributed by atoms with Crippen molar-refractivity contribution < 1.29 is 9.59 Å². The van der Waals surface area contributed by atoms with Crippen LogP contribution in [-0.4, -0.2) is 52.4 Å². The Morgan fingerprint density at radius 3 is 2.68 bits per heavy atom. The maximum Gasteiger partial charge on any atom is 0.263 e. The molecular weight excluding hydrogens is 374 g/mol. The smallest absolute Gasteiger partial charge is 0.263 e. The number of aromatic nitrogens is 2. The lowest BCUT2D eigenvalue weighted by Crippen LogP contribution is -2.42. The van der Waals surface area contributed by atoms with Gasteiger partial charge in [0.2, 0.25) is 5.91 Å². The summed E-state index contributed by atoms with van der Waals surface area (Å²) in [5.74, 6) is -0.0315. The van der Waals surface area contributed by atoms with Crippen molar-refractivity contribution in [3.63, 3.8) is 0 Å². The number of carbonyl (C=O) groups excluding carboxylic acids is 2. The number of rotatable bonds is 7. The minimum atomic E-state index is -0.0620. The fourth-order valence-electron chi connectivity index (χ4n) is 3.59. The lowest BCUT2D eigenvalue weighted by Gasteiger charge is -2.25. The molecule has 0 aromatic carbocycles. The van der Waals surface area contributed by atoms with E-state index < -0.39 is 0 Å². The van der Waals surface area contributed by atoms with Gasteiger partial charge in [-0.2, -0.15) is 0 Å². The normalized spacial score (nSPS) is 19.5. The van der Waals surface area contributed by atoms with E-state index >= 15 is 0 Å². The number of thiazole rings is 1. The Kier molecular flexibility index (Phi) is 6.74. The first kappa shape index (κ1) is 20.4. The Balaban J connectivity index is 1.43. The summed E-state index contributed by atoms with van der Waals surface area (Å²) in [6.07, 6.45) is 4.10. The maximum atomic E-state index is 12.4. The highest BCUT2D eigenvalue weighted by Gasteiger charge is 2.32. The predicted molar refractivity (Wildman–Crippen MR) is 109 cm³/mol. The first-order valence-corrected chi connectivity index (χ1v) is 10.4. The van der Waals surface area contributed by atoms with E-state index in [9.17, 15) is 9.59 Å². The monoisotopic (exact) mass is 401 g/mol. The van der Waals surface area contributed by atoms with Crippen LogP contribution in [0.2, 0.25) is 0 Å². The Morgan fingerprint density at radius 2 is 2.00 bits per heavy atom.